The molecule has 0 unspecified atom stereocenters. The second kappa shape index (κ2) is 9.70. The second-order valence-corrected chi connectivity index (χ2v) is 12.8. The summed E-state index contributed by atoms with van der Waals surface area (Å²) in [6, 6.07) is 35.2. The van der Waals surface area contributed by atoms with Gasteiger partial charge in [-0.3, -0.25) is 3.63 Å². The average molecular weight is 540 g/mol. The molecule has 5 aromatic rings. The molecule has 0 amide bonds. The Morgan fingerprint density at radius 1 is 0.541 bits per heavy atom. The molecule has 0 aromatic heterocycles. The summed E-state index contributed by atoms with van der Waals surface area (Å²) in [5, 5.41) is 1.77. The lowest BCUT2D eigenvalue weighted by atomic mass is 10.1. The molecule has 3 nitrogen and oxygen atoms in total. The van der Waals surface area contributed by atoms with Gasteiger partial charge in [-0.05, 0) is 60.0 Å². The van der Waals surface area contributed by atoms with Crippen molar-refractivity contribution in [2.24, 2.45) is 0 Å². The maximum absolute atomic E-state index is 13.8. The van der Waals surface area contributed by atoms with Gasteiger partial charge in [0, 0.05) is 5.39 Å². The normalized spacial score (nSPS) is 12.9. The zero-order chi connectivity index (χ0) is 26.1. The summed E-state index contributed by atoms with van der Waals surface area (Å²) < 4.78 is 71.7. The van der Waals surface area contributed by atoms with Crippen LogP contribution in [0.4, 0.5) is 13.2 Å². The first-order valence-corrected chi connectivity index (χ1v) is 14.3. The van der Waals surface area contributed by atoms with Crippen LogP contribution in [0.15, 0.2) is 147 Å². The van der Waals surface area contributed by atoms with E-state index in [1.807, 2.05) is 103 Å². The van der Waals surface area contributed by atoms with E-state index in [4.69, 9.17) is 0 Å². The molecule has 5 rings (SSSR count). The number of benzene rings is 5. The summed E-state index contributed by atoms with van der Waals surface area (Å²) >= 11 is 0. The number of fused-ring (bicyclic) bond motifs is 1. The van der Waals surface area contributed by atoms with Crippen molar-refractivity contribution in [2.75, 3.05) is 0 Å². The standard InChI is InChI=1S/C29H21F3O3S2/c30-29(31,32)23-18-20-26(21-19-23)37(33,34)35-36(24-12-3-1-4-13-24,25-14-5-2-6-15-25)28-17-9-11-22-10-7-8-16-27(22)28/h1-21H/p+1. The van der Waals surface area contributed by atoms with E-state index < -0.39 is 32.2 Å². The van der Waals surface area contributed by atoms with Gasteiger partial charge < -0.3 is 0 Å². The largest absolute Gasteiger partial charge is 0.422 e. The van der Waals surface area contributed by atoms with Crippen LogP contribution in [0.25, 0.3) is 10.8 Å². The Morgan fingerprint density at radius 2 is 1.05 bits per heavy atom. The lowest BCUT2D eigenvalue weighted by Gasteiger charge is -2.35. The maximum atomic E-state index is 13.8. The summed E-state index contributed by atoms with van der Waals surface area (Å²) in [6.45, 7) is 0. The van der Waals surface area contributed by atoms with Crippen LogP contribution in [0.1, 0.15) is 5.56 Å². The molecule has 0 aliphatic carbocycles. The molecule has 0 heterocycles. The van der Waals surface area contributed by atoms with Gasteiger partial charge in [-0.2, -0.15) is 13.2 Å². The van der Waals surface area contributed by atoms with Crippen LogP contribution in [0.2, 0.25) is 0 Å². The van der Waals surface area contributed by atoms with Gasteiger partial charge in [0.1, 0.15) is 4.90 Å². The molecule has 0 aliphatic rings. The van der Waals surface area contributed by atoms with E-state index in [9.17, 15) is 21.6 Å². The predicted molar refractivity (Wildman–Crippen MR) is 140 cm³/mol. The number of halogens is 3. The quantitative estimate of drug-likeness (QED) is 0.160. The molecule has 37 heavy (non-hydrogen) atoms. The molecule has 0 saturated heterocycles. The van der Waals surface area contributed by atoms with Crippen molar-refractivity contribution < 1.29 is 25.2 Å². The third-order valence-corrected chi connectivity index (χ3v) is 11.4. The molecule has 0 radical (unpaired) electrons. The van der Waals surface area contributed by atoms with Gasteiger partial charge in [0.05, 0.1) is 30.6 Å². The van der Waals surface area contributed by atoms with Crippen LogP contribution in [-0.2, 0) is 16.3 Å². The zero-order valence-corrected chi connectivity index (χ0v) is 21.0. The van der Waals surface area contributed by atoms with Crippen LogP contribution in [0.5, 0.6) is 0 Å². The second-order valence-electron chi connectivity index (χ2n) is 8.26. The predicted octanol–water partition coefficient (Wildman–Crippen LogP) is 8.54. The first-order chi connectivity index (χ1) is 17.7. The molecule has 5 aromatic carbocycles. The van der Waals surface area contributed by atoms with Gasteiger partial charge in [0.2, 0.25) is 0 Å². The van der Waals surface area contributed by atoms with E-state index in [2.05, 4.69) is 3.63 Å². The van der Waals surface area contributed by atoms with Crippen molar-refractivity contribution in [3.05, 3.63) is 133 Å². The minimum atomic E-state index is -4.58. The van der Waals surface area contributed by atoms with Crippen molar-refractivity contribution in [3.63, 3.8) is 0 Å². The molecule has 0 bridgehead atoms. The minimum Gasteiger partial charge on any atom is -0.258 e. The van der Waals surface area contributed by atoms with E-state index in [0.717, 1.165) is 39.9 Å². The molecule has 0 atom stereocenters. The molecule has 188 valence electrons. The van der Waals surface area contributed by atoms with E-state index in [-0.39, 0.29) is 4.90 Å². The SMILES string of the molecule is O=S(=O)([OH+]S(c1ccccc1)(c1ccccc1)c1cccc2ccccc12)c1ccc(C(F)(F)F)cc1. The lowest BCUT2D eigenvalue weighted by Crippen LogP contribution is -2.19. The highest BCUT2D eigenvalue weighted by Crippen LogP contribution is 2.69. The summed E-state index contributed by atoms with van der Waals surface area (Å²) in [5.74, 6) is 0. The number of hydrogen-bond donors (Lipinski definition) is 0. The molecule has 8 heteroatoms. The first-order valence-electron chi connectivity index (χ1n) is 11.3. The van der Waals surface area contributed by atoms with Crippen molar-refractivity contribution in [3.8, 4) is 0 Å². The van der Waals surface area contributed by atoms with Crippen LogP contribution < -0.4 is 0 Å². The molecule has 0 saturated carbocycles. The number of hydrogen-bond acceptors (Lipinski definition) is 2. The Balaban J connectivity index is 1.79. The first kappa shape index (κ1) is 25.1. The highest BCUT2D eigenvalue weighted by atomic mass is 32.3. The van der Waals surface area contributed by atoms with Crippen LogP contribution >= 0.6 is 10.3 Å². The molecule has 0 spiro atoms. The van der Waals surface area contributed by atoms with Gasteiger partial charge >= 0.3 is 16.3 Å². The van der Waals surface area contributed by atoms with Crippen LogP contribution in [-0.4, -0.2) is 12.0 Å². The van der Waals surface area contributed by atoms with Crippen LogP contribution in [0.3, 0.4) is 0 Å². The van der Waals surface area contributed by atoms with E-state index in [1.54, 1.807) is 0 Å². The summed E-state index contributed by atoms with van der Waals surface area (Å²) in [7, 11) is -7.19. The average Bonchev–Trinajstić information content (AvgIpc) is 2.92. The lowest BCUT2D eigenvalue weighted by molar-refractivity contribution is -0.137. The third kappa shape index (κ3) is 4.75. The highest BCUT2D eigenvalue weighted by molar-refractivity contribution is 8.32. The molecule has 1 N–H and O–H groups in total. The number of rotatable bonds is 6. The Hall–Kier alpha value is -3.59. The summed E-state index contributed by atoms with van der Waals surface area (Å²) in [4.78, 5) is 1.80. The topological polar surface area (TPSA) is 46.9 Å². The van der Waals surface area contributed by atoms with Crippen molar-refractivity contribution in [2.45, 2.75) is 25.8 Å². The molecular weight excluding hydrogens is 517 g/mol. The van der Waals surface area contributed by atoms with Gasteiger partial charge in [0.25, 0.3) is 0 Å². The minimum absolute atomic E-state index is 0.301. The fraction of sp³-hybridized carbons (Fsp3) is 0.0345. The molecular formula is C29H22F3O3S2+. The van der Waals surface area contributed by atoms with E-state index >= 15 is 0 Å². The third-order valence-electron chi connectivity index (χ3n) is 5.93. The van der Waals surface area contributed by atoms with E-state index in [0.29, 0.717) is 9.79 Å². The fourth-order valence-corrected chi connectivity index (χ4v) is 9.88. The Bertz CT molecular complexity index is 1590. The molecule has 0 aliphatic heterocycles. The van der Waals surface area contributed by atoms with Crippen molar-refractivity contribution >= 4 is 31.2 Å². The monoisotopic (exact) mass is 539 g/mol. The fourth-order valence-electron chi connectivity index (χ4n) is 4.21. The van der Waals surface area contributed by atoms with E-state index in [1.165, 1.54) is 0 Å². The van der Waals surface area contributed by atoms with Crippen LogP contribution in [0, 0.1) is 0 Å². The van der Waals surface area contributed by atoms with Gasteiger partial charge in [-0.1, -0.05) is 72.8 Å². The van der Waals surface area contributed by atoms with Crippen molar-refractivity contribution in [1.29, 1.82) is 0 Å². The van der Waals surface area contributed by atoms with Gasteiger partial charge in [-0.25, -0.2) is 0 Å². The number of alkyl halides is 3. The molecule has 0 fully saturated rings. The highest BCUT2D eigenvalue weighted by Gasteiger charge is 2.44. The summed E-state index contributed by atoms with van der Waals surface area (Å²) in [6.07, 6.45) is -4.58. The van der Waals surface area contributed by atoms with Crippen molar-refractivity contribution in [1.82, 2.24) is 0 Å². The maximum Gasteiger partial charge on any atom is 0.422 e. The van der Waals surface area contributed by atoms with Gasteiger partial charge in [0.15, 0.2) is 0 Å². The zero-order valence-electron chi connectivity index (χ0n) is 19.3. The Morgan fingerprint density at radius 3 is 1.62 bits per heavy atom. The van der Waals surface area contributed by atoms with Gasteiger partial charge in [-0.15, -0.1) is 8.42 Å². The smallest absolute Gasteiger partial charge is 0.258 e. The Kier molecular flexibility index (Phi) is 6.58. The summed E-state index contributed by atoms with van der Waals surface area (Å²) in [5.41, 5.74) is -0.926. The Labute approximate surface area is 214 Å².